The Balaban J connectivity index is 2.76. The van der Waals surface area contributed by atoms with Gasteiger partial charge in [0.2, 0.25) is 15.9 Å². The van der Waals surface area contributed by atoms with Crippen molar-refractivity contribution in [2.24, 2.45) is 5.14 Å². The molecule has 1 rings (SSSR count). The number of hydrogen-bond acceptors (Lipinski definition) is 4. The fourth-order valence-corrected chi connectivity index (χ4v) is 2.10. The summed E-state index contributed by atoms with van der Waals surface area (Å²) < 4.78 is 27.4. The fraction of sp³-hybridized carbons (Fsp3) is 0.364. The first-order valence-electron chi connectivity index (χ1n) is 5.36. The lowest BCUT2D eigenvalue weighted by Crippen LogP contribution is -2.18. The molecule has 0 aliphatic heterocycles. The van der Waals surface area contributed by atoms with E-state index in [4.69, 9.17) is 9.88 Å². The highest BCUT2D eigenvalue weighted by molar-refractivity contribution is 7.89. The van der Waals surface area contributed by atoms with Gasteiger partial charge in [0, 0.05) is 20.1 Å². The molecule has 0 heterocycles. The molecule has 0 radical (unpaired) electrons. The topological polar surface area (TPSA) is 98.5 Å². The Morgan fingerprint density at radius 3 is 2.67 bits per heavy atom. The minimum atomic E-state index is -3.84. The summed E-state index contributed by atoms with van der Waals surface area (Å²) in [6.45, 7) is 0.476. The van der Waals surface area contributed by atoms with Gasteiger partial charge in [0.05, 0.1) is 5.69 Å². The fourth-order valence-electron chi connectivity index (χ4n) is 1.41. The number of carbonyl (C=O) groups excluding carboxylic acids is 1. The van der Waals surface area contributed by atoms with Crippen LogP contribution in [0.15, 0.2) is 29.2 Å². The number of nitrogens with two attached hydrogens (primary N) is 1. The van der Waals surface area contributed by atoms with Crippen LogP contribution in [0.25, 0.3) is 0 Å². The molecule has 0 aromatic heterocycles. The normalized spacial score (nSPS) is 11.2. The van der Waals surface area contributed by atoms with E-state index in [1.165, 1.54) is 12.1 Å². The highest BCUT2D eigenvalue weighted by atomic mass is 32.2. The van der Waals surface area contributed by atoms with Gasteiger partial charge in [-0.25, -0.2) is 13.6 Å². The van der Waals surface area contributed by atoms with Crippen molar-refractivity contribution in [3.05, 3.63) is 24.3 Å². The van der Waals surface area contributed by atoms with Gasteiger partial charge in [-0.1, -0.05) is 12.1 Å². The minimum absolute atomic E-state index is 0.0925. The molecule has 6 nitrogen and oxygen atoms in total. The Hall–Kier alpha value is -1.44. The minimum Gasteiger partial charge on any atom is -0.385 e. The molecule has 0 aliphatic carbocycles. The molecule has 0 atom stereocenters. The van der Waals surface area contributed by atoms with Gasteiger partial charge in [-0.2, -0.15) is 0 Å². The van der Waals surface area contributed by atoms with Gasteiger partial charge in [-0.05, 0) is 18.6 Å². The number of carbonyl (C=O) groups is 1. The summed E-state index contributed by atoms with van der Waals surface area (Å²) in [4.78, 5) is 11.5. The third kappa shape index (κ3) is 4.44. The zero-order chi connectivity index (χ0) is 13.6. The van der Waals surface area contributed by atoms with Crippen LogP contribution >= 0.6 is 0 Å². The second-order valence-corrected chi connectivity index (χ2v) is 5.22. The lowest BCUT2D eigenvalue weighted by Gasteiger charge is -2.09. The average molecular weight is 272 g/mol. The monoisotopic (exact) mass is 272 g/mol. The zero-order valence-corrected chi connectivity index (χ0v) is 10.9. The van der Waals surface area contributed by atoms with Crippen LogP contribution in [-0.2, 0) is 19.6 Å². The number of primary sulfonamides is 1. The van der Waals surface area contributed by atoms with Crippen molar-refractivity contribution in [1.29, 1.82) is 0 Å². The van der Waals surface area contributed by atoms with Crippen LogP contribution in [0.5, 0.6) is 0 Å². The maximum Gasteiger partial charge on any atom is 0.240 e. The second kappa shape index (κ2) is 6.48. The number of methoxy groups -OCH3 is 1. The molecule has 1 aromatic rings. The lowest BCUT2D eigenvalue weighted by molar-refractivity contribution is -0.116. The van der Waals surface area contributed by atoms with Gasteiger partial charge in [0.1, 0.15) is 4.90 Å². The molecule has 0 bridgehead atoms. The van der Waals surface area contributed by atoms with E-state index in [-0.39, 0.29) is 22.9 Å². The van der Waals surface area contributed by atoms with E-state index in [1.807, 2.05) is 0 Å². The molecule has 1 amide bonds. The molecule has 0 fully saturated rings. The highest BCUT2D eigenvalue weighted by Crippen LogP contribution is 2.19. The standard InChI is InChI=1S/C11H16N2O4S/c1-17-8-4-7-11(14)13-9-5-2-3-6-10(9)18(12,15)16/h2-3,5-6H,4,7-8H2,1H3,(H,13,14)(H2,12,15,16). The zero-order valence-electron chi connectivity index (χ0n) is 10.0. The number of hydrogen-bond donors (Lipinski definition) is 2. The number of ether oxygens (including phenoxy) is 1. The van der Waals surface area contributed by atoms with Crippen LogP contribution in [0.3, 0.4) is 0 Å². The summed E-state index contributed by atoms with van der Waals surface area (Å²) in [5, 5.41) is 7.58. The second-order valence-electron chi connectivity index (χ2n) is 3.69. The molecule has 0 aliphatic rings. The molecule has 7 heteroatoms. The Kier molecular flexibility index (Phi) is 5.26. The van der Waals surface area contributed by atoms with Crippen molar-refractivity contribution < 1.29 is 17.9 Å². The summed E-state index contributed by atoms with van der Waals surface area (Å²) in [5.74, 6) is -0.275. The van der Waals surface area contributed by atoms with Crippen molar-refractivity contribution in [3.63, 3.8) is 0 Å². The molecular formula is C11H16N2O4S. The van der Waals surface area contributed by atoms with Crippen LogP contribution in [0.2, 0.25) is 0 Å². The van der Waals surface area contributed by atoms with E-state index in [0.29, 0.717) is 13.0 Å². The number of anilines is 1. The van der Waals surface area contributed by atoms with E-state index < -0.39 is 10.0 Å². The van der Waals surface area contributed by atoms with E-state index in [2.05, 4.69) is 5.32 Å². The number of nitrogens with one attached hydrogen (secondary N) is 1. The molecule has 0 saturated heterocycles. The predicted octanol–water partition coefficient (Wildman–Crippen LogP) is 0.699. The van der Waals surface area contributed by atoms with Gasteiger partial charge >= 0.3 is 0 Å². The van der Waals surface area contributed by atoms with Crippen molar-refractivity contribution in [2.75, 3.05) is 19.0 Å². The van der Waals surface area contributed by atoms with E-state index in [9.17, 15) is 13.2 Å². The number of para-hydroxylation sites is 1. The third-order valence-corrected chi connectivity index (χ3v) is 3.19. The smallest absolute Gasteiger partial charge is 0.240 e. The maximum atomic E-state index is 11.6. The molecule has 18 heavy (non-hydrogen) atoms. The SMILES string of the molecule is COCCCC(=O)Nc1ccccc1S(N)(=O)=O. The summed E-state index contributed by atoms with van der Waals surface area (Å²) in [7, 11) is -2.29. The van der Waals surface area contributed by atoms with Crippen molar-refractivity contribution in [3.8, 4) is 0 Å². The Morgan fingerprint density at radius 1 is 1.39 bits per heavy atom. The molecule has 1 aromatic carbocycles. The predicted molar refractivity (Wildman–Crippen MR) is 67.6 cm³/mol. The Bertz CT molecular complexity index is 514. The number of amides is 1. The van der Waals surface area contributed by atoms with E-state index >= 15 is 0 Å². The molecule has 100 valence electrons. The number of sulfonamides is 1. The molecule has 0 unspecified atom stereocenters. The summed E-state index contributed by atoms with van der Waals surface area (Å²) in [5.41, 5.74) is 0.197. The Labute approximate surface area is 106 Å². The van der Waals surface area contributed by atoms with Crippen LogP contribution in [0.4, 0.5) is 5.69 Å². The van der Waals surface area contributed by atoms with Gasteiger partial charge in [0.15, 0.2) is 0 Å². The lowest BCUT2D eigenvalue weighted by atomic mass is 10.2. The maximum absolute atomic E-state index is 11.6. The number of rotatable bonds is 6. The van der Waals surface area contributed by atoms with Gasteiger partial charge in [-0.15, -0.1) is 0 Å². The van der Waals surface area contributed by atoms with Crippen LogP contribution in [0, 0.1) is 0 Å². The van der Waals surface area contributed by atoms with Gasteiger partial charge < -0.3 is 10.1 Å². The summed E-state index contributed by atoms with van der Waals surface area (Å²) >= 11 is 0. The molecule has 0 saturated carbocycles. The largest absolute Gasteiger partial charge is 0.385 e. The summed E-state index contributed by atoms with van der Waals surface area (Å²) in [6, 6.07) is 6.01. The first-order chi connectivity index (χ1) is 8.45. The first-order valence-corrected chi connectivity index (χ1v) is 6.90. The van der Waals surface area contributed by atoms with Crippen molar-refractivity contribution in [1.82, 2.24) is 0 Å². The van der Waals surface area contributed by atoms with E-state index in [1.54, 1.807) is 19.2 Å². The molecular weight excluding hydrogens is 256 g/mol. The van der Waals surface area contributed by atoms with Crippen LogP contribution in [-0.4, -0.2) is 28.0 Å². The summed E-state index contributed by atoms with van der Waals surface area (Å²) in [6.07, 6.45) is 0.826. The van der Waals surface area contributed by atoms with Gasteiger partial charge in [-0.3, -0.25) is 4.79 Å². The number of benzene rings is 1. The van der Waals surface area contributed by atoms with Gasteiger partial charge in [0.25, 0.3) is 0 Å². The van der Waals surface area contributed by atoms with E-state index in [0.717, 1.165) is 0 Å². The quantitative estimate of drug-likeness (QED) is 0.745. The van der Waals surface area contributed by atoms with Crippen LogP contribution < -0.4 is 10.5 Å². The molecule has 0 spiro atoms. The molecule has 3 N–H and O–H groups in total. The van der Waals surface area contributed by atoms with Crippen LogP contribution in [0.1, 0.15) is 12.8 Å². The Morgan fingerprint density at radius 2 is 2.06 bits per heavy atom. The van der Waals surface area contributed by atoms with Crippen molar-refractivity contribution in [2.45, 2.75) is 17.7 Å². The average Bonchev–Trinajstić information content (AvgIpc) is 2.28. The van der Waals surface area contributed by atoms with Crippen molar-refractivity contribution >= 4 is 21.6 Å². The third-order valence-electron chi connectivity index (χ3n) is 2.22. The first kappa shape index (κ1) is 14.6. The highest BCUT2D eigenvalue weighted by Gasteiger charge is 2.14.